The van der Waals surface area contributed by atoms with Gasteiger partial charge in [-0.3, -0.25) is 9.59 Å². The van der Waals surface area contributed by atoms with Crippen LogP contribution in [0.5, 0.6) is 0 Å². The lowest BCUT2D eigenvalue weighted by Gasteiger charge is -2.15. The number of amides is 2. The predicted molar refractivity (Wildman–Crippen MR) is 80.5 cm³/mol. The molecule has 1 unspecified atom stereocenters. The van der Waals surface area contributed by atoms with Gasteiger partial charge in [0.2, 0.25) is 5.91 Å². The van der Waals surface area contributed by atoms with E-state index in [0.717, 1.165) is 6.42 Å². The van der Waals surface area contributed by atoms with Gasteiger partial charge in [0.25, 0.3) is 5.91 Å². The van der Waals surface area contributed by atoms with Crippen LogP contribution in [0.3, 0.4) is 0 Å². The SMILES string of the molecule is CCCNC(=O)c1cccc(NC(=O)C(N)C(C)C)c1. The molecule has 1 rings (SSSR count). The molecule has 0 aliphatic rings. The number of carbonyl (C=O) groups excluding carboxylic acids is 2. The van der Waals surface area contributed by atoms with Gasteiger partial charge in [0.15, 0.2) is 0 Å². The van der Waals surface area contributed by atoms with Gasteiger partial charge in [-0.05, 0) is 30.5 Å². The second-order valence-electron chi connectivity index (χ2n) is 5.10. The largest absolute Gasteiger partial charge is 0.352 e. The first kappa shape index (κ1) is 16.2. The van der Waals surface area contributed by atoms with E-state index in [1.54, 1.807) is 24.3 Å². The van der Waals surface area contributed by atoms with Gasteiger partial charge in [-0.15, -0.1) is 0 Å². The highest BCUT2D eigenvalue weighted by Gasteiger charge is 2.17. The maximum atomic E-state index is 11.9. The molecule has 0 saturated carbocycles. The molecule has 1 aromatic carbocycles. The smallest absolute Gasteiger partial charge is 0.251 e. The highest BCUT2D eigenvalue weighted by molar-refractivity contribution is 5.98. The number of carbonyl (C=O) groups is 2. The van der Waals surface area contributed by atoms with Crippen molar-refractivity contribution in [2.45, 2.75) is 33.2 Å². The Morgan fingerprint density at radius 2 is 2.00 bits per heavy atom. The number of rotatable bonds is 6. The summed E-state index contributed by atoms with van der Waals surface area (Å²) in [7, 11) is 0. The number of benzene rings is 1. The Balaban J connectivity index is 2.73. The van der Waals surface area contributed by atoms with Crippen LogP contribution in [-0.2, 0) is 4.79 Å². The van der Waals surface area contributed by atoms with Crippen LogP contribution in [0.2, 0.25) is 0 Å². The van der Waals surface area contributed by atoms with Gasteiger partial charge in [0.1, 0.15) is 0 Å². The van der Waals surface area contributed by atoms with Gasteiger partial charge >= 0.3 is 0 Å². The maximum Gasteiger partial charge on any atom is 0.251 e. The Morgan fingerprint density at radius 1 is 1.30 bits per heavy atom. The molecule has 110 valence electrons. The van der Waals surface area contributed by atoms with Crippen molar-refractivity contribution in [3.63, 3.8) is 0 Å². The van der Waals surface area contributed by atoms with Crippen molar-refractivity contribution in [2.24, 2.45) is 11.7 Å². The highest BCUT2D eigenvalue weighted by atomic mass is 16.2. The van der Waals surface area contributed by atoms with Crippen LogP contribution in [0.25, 0.3) is 0 Å². The topological polar surface area (TPSA) is 84.2 Å². The molecule has 0 fully saturated rings. The average molecular weight is 277 g/mol. The van der Waals surface area contributed by atoms with Crippen molar-refractivity contribution in [2.75, 3.05) is 11.9 Å². The Kier molecular flexibility index (Phi) is 6.18. The van der Waals surface area contributed by atoms with E-state index in [1.807, 2.05) is 20.8 Å². The molecule has 5 heteroatoms. The molecule has 1 aromatic rings. The molecular formula is C15H23N3O2. The third kappa shape index (κ3) is 4.66. The molecule has 4 N–H and O–H groups in total. The van der Waals surface area contributed by atoms with Crippen molar-refractivity contribution in [3.8, 4) is 0 Å². The Bertz CT molecular complexity index is 472. The first-order chi connectivity index (χ1) is 9.45. The van der Waals surface area contributed by atoms with E-state index in [4.69, 9.17) is 5.73 Å². The predicted octanol–water partition coefficient (Wildman–Crippen LogP) is 1.75. The first-order valence-corrected chi connectivity index (χ1v) is 6.90. The minimum absolute atomic E-state index is 0.0611. The fourth-order valence-corrected chi connectivity index (χ4v) is 1.61. The number of anilines is 1. The van der Waals surface area contributed by atoms with Crippen LogP contribution < -0.4 is 16.4 Å². The number of hydrogen-bond acceptors (Lipinski definition) is 3. The van der Waals surface area contributed by atoms with Gasteiger partial charge in [-0.2, -0.15) is 0 Å². The molecule has 0 radical (unpaired) electrons. The second kappa shape index (κ2) is 7.65. The monoisotopic (exact) mass is 277 g/mol. The maximum absolute atomic E-state index is 11.9. The minimum atomic E-state index is -0.562. The summed E-state index contributed by atoms with van der Waals surface area (Å²) in [6, 6.07) is 6.27. The Hall–Kier alpha value is -1.88. The highest BCUT2D eigenvalue weighted by Crippen LogP contribution is 2.12. The first-order valence-electron chi connectivity index (χ1n) is 6.90. The van der Waals surface area contributed by atoms with Crippen molar-refractivity contribution in [3.05, 3.63) is 29.8 Å². The van der Waals surface area contributed by atoms with E-state index >= 15 is 0 Å². The van der Waals surface area contributed by atoms with Gasteiger partial charge in [0.05, 0.1) is 6.04 Å². The van der Waals surface area contributed by atoms with Crippen molar-refractivity contribution >= 4 is 17.5 Å². The molecule has 5 nitrogen and oxygen atoms in total. The molecule has 0 aromatic heterocycles. The third-order valence-electron chi connectivity index (χ3n) is 2.95. The van der Waals surface area contributed by atoms with Crippen LogP contribution in [0.15, 0.2) is 24.3 Å². The zero-order valence-corrected chi connectivity index (χ0v) is 12.3. The van der Waals surface area contributed by atoms with Crippen LogP contribution in [0, 0.1) is 5.92 Å². The van der Waals surface area contributed by atoms with E-state index in [1.165, 1.54) is 0 Å². The van der Waals surface area contributed by atoms with Crippen LogP contribution in [-0.4, -0.2) is 24.4 Å². The molecule has 20 heavy (non-hydrogen) atoms. The van der Waals surface area contributed by atoms with E-state index in [2.05, 4.69) is 10.6 Å². The number of nitrogens with one attached hydrogen (secondary N) is 2. The lowest BCUT2D eigenvalue weighted by molar-refractivity contribution is -0.118. The van der Waals surface area contributed by atoms with E-state index in [-0.39, 0.29) is 17.7 Å². The number of nitrogens with two attached hydrogens (primary N) is 1. The molecule has 0 heterocycles. The van der Waals surface area contributed by atoms with E-state index in [0.29, 0.717) is 17.8 Å². The molecule has 0 spiro atoms. The van der Waals surface area contributed by atoms with Crippen LogP contribution >= 0.6 is 0 Å². The van der Waals surface area contributed by atoms with Gasteiger partial charge in [-0.1, -0.05) is 26.8 Å². The van der Waals surface area contributed by atoms with Crippen LogP contribution in [0.4, 0.5) is 5.69 Å². The summed E-state index contributed by atoms with van der Waals surface area (Å²) >= 11 is 0. The molecule has 0 bridgehead atoms. The summed E-state index contributed by atoms with van der Waals surface area (Å²) in [5.41, 5.74) is 6.88. The normalized spacial score (nSPS) is 12.1. The third-order valence-corrected chi connectivity index (χ3v) is 2.95. The number of hydrogen-bond donors (Lipinski definition) is 3. The zero-order valence-electron chi connectivity index (χ0n) is 12.3. The summed E-state index contributed by atoms with van der Waals surface area (Å²) in [5, 5.41) is 5.52. The zero-order chi connectivity index (χ0) is 15.1. The summed E-state index contributed by atoms with van der Waals surface area (Å²) in [5.74, 6) is -0.326. The second-order valence-corrected chi connectivity index (χ2v) is 5.10. The molecule has 1 atom stereocenters. The van der Waals surface area contributed by atoms with E-state index in [9.17, 15) is 9.59 Å². The standard InChI is InChI=1S/C15H23N3O2/c1-4-8-17-14(19)11-6-5-7-12(9-11)18-15(20)13(16)10(2)3/h5-7,9-10,13H,4,8,16H2,1-3H3,(H,17,19)(H,18,20). The van der Waals surface area contributed by atoms with Crippen LogP contribution in [0.1, 0.15) is 37.6 Å². The average Bonchev–Trinajstić information content (AvgIpc) is 2.43. The molecule has 0 aliphatic carbocycles. The fraction of sp³-hybridized carbons (Fsp3) is 0.467. The fourth-order valence-electron chi connectivity index (χ4n) is 1.61. The Morgan fingerprint density at radius 3 is 2.60 bits per heavy atom. The van der Waals surface area contributed by atoms with Gasteiger partial charge in [0, 0.05) is 17.8 Å². The Labute approximate surface area is 119 Å². The summed E-state index contributed by atoms with van der Waals surface area (Å²) < 4.78 is 0. The van der Waals surface area contributed by atoms with E-state index < -0.39 is 6.04 Å². The lowest BCUT2D eigenvalue weighted by Crippen LogP contribution is -2.39. The molecule has 0 aliphatic heterocycles. The van der Waals surface area contributed by atoms with Crippen molar-refractivity contribution in [1.82, 2.24) is 5.32 Å². The van der Waals surface area contributed by atoms with Crippen molar-refractivity contribution < 1.29 is 9.59 Å². The van der Waals surface area contributed by atoms with Crippen molar-refractivity contribution in [1.29, 1.82) is 0 Å². The summed E-state index contributed by atoms with van der Waals surface area (Å²) in [4.78, 5) is 23.7. The lowest BCUT2D eigenvalue weighted by atomic mass is 10.0. The van der Waals surface area contributed by atoms with Gasteiger partial charge in [-0.25, -0.2) is 0 Å². The molecular weight excluding hydrogens is 254 g/mol. The quantitative estimate of drug-likeness (QED) is 0.740. The summed E-state index contributed by atoms with van der Waals surface area (Å²) in [6.07, 6.45) is 0.880. The molecule has 2 amide bonds. The minimum Gasteiger partial charge on any atom is -0.352 e. The summed E-state index contributed by atoms with van der Waals surface area (Å²) in [6.45, 7) is 6.40. The molecule has 0 saturated heterocycles. The van der Waals surface area contributed by atoms with Gasteiger partial charge < -0.3 is 16.4 Å².